The van der Waals surface area contributed by atoms with E-state index in [1.54, 1.807) is 41.3 Å². The van der Waals surface area contributed by atoms with Crippen LogP contribution >= 0.6 is 11.3 Å². The molecule has 0 aliphatic heterocycles. The molecule has 0 saturated carbocycles. The Hall–Kier alpha value is -3.25. The van der Waals surface area contributed by atoms with Crippen LogP contribution in [-0.4, -0.2) is 22.6 Å². The van der Waals surface area contributed by atoms with Gasteiger partial charge in [-0.25, -0.2) is 0 Å². The van der Waals surface area contributed by atoms with E-state index in [4.69, 9.17) is 0 Å². The summed E-state index contributed by atoms with van der Waals surface area (Å²) in [5.74, 6) is 0. The Balaban J connectivity index is 0.000000403. The highest BCUT2D eigenvalue weighted by molar-refractivity contribution is 7.19. The molecule has 0 amide bonds. The summed E-state index contributed by atoms with van der Waals surface area (Å²) >= 11 is 1.64. The van der Waals surface area contributed by atoms with E-state index < -0.39 is 0 Å². The van der Waals surface area contributed by atoms with Crippen LogP contribution in [0.1, 0.15) is 11.8 Å². The minimum atomic E-state index is -0.0358. The van der Waals surface area contributed by atoms with Gasteiger partial charge in [0.25, 0.3) is 12.0 Å². The highest BCUT2D eigenvalue weighted by Gasteiger charge is 2.15. The lowest BCUT2D eigenvalue weighted by atomic mass is 10.0. The lowest BCUT2D eigenvalue weighted by Gasteiger charge is -2.07. The minimum absolute atomic E-state index is 0.0358. The van der Waals surface area contributed by atoms with Gasteiger partial charge in [0.05, 0.1) is 18.5 Å². The second-order valence-corrected chi connectivity index (χ2v) is 7.09. The third kappa shape index (κ3) is 4.02. The summed E-state index contributed by atoms with van der Waals surface area (Å²) in [6.07, 6.45) is 3.43. The fourth-order valence-electron chi connectivity index (χ4n) is 2.96. The van der Waals surface area contributed by atoms with Crippen molar-refractivity contribution in [2.24, 2.45) is 0 Å². The van der Waals surface area contributed by atoms with Gasteiger partial charge in [-0.05, 0) is 37.6 Å². The highest BCUT2D eigenvalue weighted by atomic mass is 32.1. The number of aryl methyl sites for hydroxylation is 1. The Morgan fingerprint density at radius 1 is 1.11 bits per heavy atom. The zero-order valence-corrected chi connectivity index (χ0v) is 16.5. The molecule has 1 aromatic carbocycles. The lowest BCUT2D eigenvalue weighted by Crippen LogP contribution is -2.16. The van der Waals surface area contributed by atoms with Crippen LogP contribution in [0.3, 0.4) is 0 Å². The van der Waals surface area contributed by atoms with Crippen molar-refractivity contribution in [3.63, 3.8) is 0 Å². The summed E-state index contributed by atoms with van der Waals surface area (Å²) in [4.78, 5) is 27.9. The van der Waals surface area contributed by atoms with Crippen molar-refractivity contribution in [3.8, 4) is 16.8 Å². The summed E-state index contributed by atoms with van der Waals surface area (Å²) in [5.41, 5.74) is 3.13. The molecule has 6 heteroatoms. The fraction of sp³-hybridized carbons (Fsp3) is 0.136. The predicted molar refractivity (Wildman–Crippen MR) is 113 cm³/mol. The van der Waals surface area contributed by atoms with Gasteiger partial charge in [0.15, 0.2) is 0 Å². The van der Waals surface area contributed by atoms with Gasteiger partial charge in [-0.1, -0.05) is 30.3 Å². The maximum Gasteiger partial charge on any atom is 0.293 e. The number of ether oxygens (including phenoxy) is 1. The van der Waals surface area contributed by atoms with Gasteiger partial charge in [0, 0.05) is 28.1 Å². The number of hydrogen-bond acceptors (Lipinski definition) is 5. The molecule has 4 rings (SSSR count). The Labute approximate surface area is 166 Å². The Morgan fingerprint density at radius 3 is 2.50 bits per heavy atom. The van der Waals surface area contributed by atoms with E-state index in [1.807, 2.05) is 36.4 Å². The van der Waals surface area contributed by atoms with Crippen LogP contribution in [0.2, 0.25) is 0 Å². The first-order valence-corrected chi connectivity index (χ1v) is 9.65. The topological polar surface area (TPSA) is 61.2 Å². The second-order valence-electron chi connectivity index (χ2n) is 5.89. The van der Waals surface area contributed by atoms with Crippen molar-refractivity contribution in [1.29, 1.82) is 0 Å². The number of carbonyl (C=O) groups excluding carboxylic acids is 1. The third-order valence-corrected chi connectivity index (χ3v) is 5.23. The Morgan fingerprint density at radius 2 is 1.89 bits per heavy atom. The summed E-state index contributed by atoms with van der Waals surface area (Å²) in [5, 5.41) is 1.10. The van der Waals surface area contributed by atoms with E-state index >= 15 is 0 Å². The highest BCUT2D eigenvalue weighted by Crippen LogP contribution is 2.38. The average Bonchev–Trinajstić information content (AvgIpc) is 3.06. The number of carbonyl (C=O) groups is 1. The summed E-state index contributed by atoms with van der Waals surface area (Å²) in [6, 6.07) is 17.6. The second kappa shape index (κ2) is 9.10. The maximum absolute atomic E-state index is 12.4. The number of benzene rings is 1. The van der Waals surface area contributed by atoms with Crippen LogP contribution in [0.25, 0.3) is 27.0 Å². The van der Waals surface area contributed by atoms with Gasteiger partial charge in [-0.3, -0.25) is 19.1 Å². The average molecular weight is 392 g/mol. The summed E-state index contributed by atoms with van der Waals surface area (Å²) < 4.78 is 5.90. The Kier molecular flexibility index (Phi) is 6.34. The van der Waals surface area contributed by atoms with E-state index in [-0.39, 0.29) is 5.56 Å². The van der Waals surface area contributed by atoms with Crippen molar-refractivity contribution in [3.05, 3.63) is 82.2 Å². The van der Waals surface area contributed by atoms with Gasteiger partial charge in [-0.2, -0.15) is 0 Å². The van der Waals surface area contributed by atoms with Crippen LogP contribution in [-0.2, 0) is 9.53 Å². The number of thiophene rings is 1. The molecule has 28 heavy (non-hydrogen) atoms. The van der Waals surface area contributed by atoms with Crippen LogP contribution in [0.15, 0.2) is 71.8 Å². The van der Waals surface area contributed by atoms with Crippen molar-refractivity contribution in [2.75, 3.05) is 6.61 Å². The smallest absolute Gasteiger partial charge is 0.293 e. The molecule has 0 fully saturated rings. The molecule has 4 aromatic rings. The molecule has 3 heterocycles. The SMILES string of the molecule is CCOC=O.Cc1sc2c(ccc(=O)n2-c2cccnc2)c1-c1ccccc1. The van der Waals surface area contributed by atoms with Gasteiger partial charge < -0.3 is 4.74 Å². The molecule has 0 radical (unpaired) electrons. The molecule has 0 aliphatic rings. The van der Waals surface area contributed by atoms with Crippen molar-refractivity contribution < 1.29 is 9.53 Å². The Bertz CT molecular complexity index is 1120. The van der Waals surface area contributed by atoms with Gasteiger partial charge >= 0.3 is 0 Å². The number of rotatable bonds is 4. The van der Waals surface area contributed by atoms with E-state index in [1.165, 1.54) is 16.0 Å². The zero-order chi connectivity index (χ0) is 19.9. The van der Waals surface area contributed by atoms with Gasteiger partial charge in [-0.15, -0.1) is 11.3 Å². The molecule has 0 aliphatic carbocycles. The maximum atomic E-state index is 12.4. The fourth-order valence-corrected chi connectivity index (χ4v) is 4.15. The first-order chi connectivity index (χ1) is 13.7. The molecule has 5 nitrogen and oxygen atoms in total. The molecule has 0 saturated heterocycles. The van der Waals surface area contributed by atoms with Crippen molar-refractivity contribution in [2.45, 2.75) is 13.8 Å². The molecule has 0 spiro atoms. The molecule has 142 valence electrons. The summed E-state index contributed by atoms with van der Waals surface area (Å²) in [7, 11) is 0. The van der Waals surface area contributed by atoms with Gasteiger partial charge in [0.1, 0.15) is 4.83 Å². The number of hydrogen-bond donors (Lipinski definition) is 0. The van der Waals surface area contributed by atoms with Crippen LogP contribution in [0, 0.1) is 6.92 Å². The molecule has 0 unspecified atom stereocenters. The van der Waals surface area contributed by atoms with Crippen LogP contribution in [0.4, 0.5) is 0 Å². The number of pyridine rings is 2. The molecular formula is C22H20N2O3S. The van der Waals surface area contributed by atoms with Crippen molar-refractivity contribution in [1.82, 2.24) is 9.55 Å². The molecule has 3 aromatic heterocycles. The number of aromatic nitrogens is 2. The first kappa shape index (κ1) is 19.5. The largest absolute Gasteiger partial charge is 0.468 e. The van der Waals surface area contributed by atoms with E-state index in [9.17, 15) is 9.59 Å². The monoisotopic (exact) mass is 392 g/mol. The normalized spacial score (nSPS) is 10.2. The third-order valence-electron chi connectivity index (χ3n) is 4.12. The zero-order valence-electron chi connectivity index (χ0n) is 15.7. The van der Waals surface area contributed by atoms with Gasteiger partial charge in [0.2, 0.25) is 0 Å². The molecule has 0 bridgehead atoms. The predicted octanol–water partition coefficient (Wildman–Crippen LogP) is 4.60. The summed E-state index contributed by atoms with van der Waals surface area (Å²) in [6.45, 7) is 4.77. The first-order valence-electron chi connectivity index (χ1n) is 8.83. The molecule has 0 N–H and O–H groups in total. The number of nitrogens with zero attached hydrogens (tertiary/aromatic N) is 2. The van der Waals surface area contributed by atoms with Crippen molar-refractivity contribution >= 4 is 28.0 Å². The lowest BCUT2D eigenvalue weighted by molar-refractivity contribution is -0.128. The van der Waals surface area contributed by atoms with E-state index in [0.29, 0.717) is 13.1 Å². The molecule has 0 atom stereocenters. The van der Waals surface area contributed by atoms with E-state index in [0.717, 1.165) is 15.9 Å². The number of fused-ring (bicyclic) bond motifs is 1. The van der Waals surface area contributed by atoms with E-state index in [2.05, 4.69) is 28.8 Å². The standard InChI is InChI=1S/C19H14N2OS.C3H6O2/c1-13-18(14-6-3-2-4-7-14)16-9-10-17(22)21(19(16)23-13)15-8-5-11-20-12-15;1-2-5-3-4/h2-12H,1H3;3H,2H2,1H3. The minimum Gasteiger partial charge on any atom is -0.468 e. The quantitative estimate of drug-likeness (QED) is 0.476. The van der Waals surface area contributed by atoms with Crippen LogP contribution < -0.4 is 5.56 Å². The van der Waals surface area contributed by atoms with Crippen LogP contribution in [0.5, 0.6) is 0 Å². The molecular weight excluding hydrogens is 372 g/mol.